The Labute approximate surface area is 94.5 Å². The van der Waals surface area contributed by atoms with E-state index >= 15 is 0 Å². The second-order valence-electron chi connectivity index (χ2n) is 3.63. The number of benzene rings is 1. The normalized spacial score (nSPS) is 10.4. The third-order valence-electron chi connectivity index (χ3n) is 2.32. The number of nitrogens with one attached hydrogen (secondary N) is 1. The van der Waals surface area contributed by atoms with Crippen molar-refractivity contribution in [2.24, 2.45) is 7.05 Å². The molecule has 0 bridgehead atoms. The van der Waals surface area contributed by atoms with Crippen LogP contribution in [0.1, 0.15) is 13.3 Å². The number of aromatic nitrogens is 4. The molecule has 0 saturated carbocycles. The lowest BCUT2D eigenvalue weighted by Gasteiger charge is -2.06. The molecule has 0 aliphatic rings. The van der Waals surface area contributed by atoms with Crippen LogP contribution in [0.5, 0.6) is 0 Å². The van der Waals surface area contributed by atoms with Gasteiger partial charge in [0.05, 0.1) is 0 Å². The first-order chi connectivity index (χ1) is 7.81. The van der Waals surface area contributed by atoms with Crippen molar-refractivity contribution in [2.75, 3.05) is 11.9 Å². The molecule has 0 saturated heterocycles. The Kier molecular flexibility index (Phi) is 3.14. The van der Waals surface area contributed by atoms with Crippen molar-refractivity contribution in [1.82, 2.24) is 20.2 Å². The van der Waals surface area contributed by atoms with Crippen LogP contribution < -0.4 is 5.32 Å². The number of tetrazole rings is 1. The Morgan fingerprint density at radius 3 is 2.94 bits per heavy atom. The first-order valence-corrected chi connectivity index (χ1v) is 5.38. The zero-order chi connectivity index (χ0) is 11.4. The lowest BCUT2D eigenvalue weighted by Crippen LogP contribution is -2.00. The molecular weight excluding hydrogens is 202 g/mol. The summed E-state index contributed by atoms with van der Waals surface area (Å²) in [6.07, 6.45) is 1.11. The highest BCUT2D eigenvalue weighted by atomic mass is 15.5. The predicted octanol–water partition coefficient (Wildman–Crippen LogP) is 1.70. The molecule has 0 unspecified atom stereocenters. The highest BCUT2D eigenvalue weighted by Gasteiger charge is 2.05. The van der Waals surface area contributed by atoms with Crippen LogP contribution >= 0.6 is 0 Å². The number of hydrogen-bond acceptors (Lipinski definition) is 4. The van der Waals surface area contributed by atoms with Crippen molar-refractivity contribution in [2.45, 2.75) is 13.3 Å². The van der Waals surface area contributed by atoms with Gasteiger partial charge in [-0.1, -0.05) is 19.1 Å². The summed E-state index contributed by atoms with van der Waals surface area (Å²) in [4.78, 5) is 0. The molecule has 1 N–H and O–H groups in total. The minimum absolute atomic E-state index is 0.778. The average Bonchev–Trinajstić information content (AvgIpc) is 2.73. The Morgan fingerprint density at radius 2 is 2.25 bits per heavy atom. The number of rotatable bonds is 4. The summed E-state index contributed by atoms with van der Waals surface area (Å²) in [5.41, 5.74) is 2.12. The monoisotopic (exact) mass is 217 g/mol. The third-order valence-corrected chi connectivity index (χ3v) is 2.32. The van der Waals surface area contributed by atoms with Crippen LogP contribution in [0.2, 0.25) is 0 Å². The number of aryl methyl sites for hydroxylation is 1. The summed E-state index contributed by atoms with van der Waals surface area (Å²) in [5.74, 6) is 0.778. The summed E-state index contributed by atoms with van der Waals surface area (Å²) < 4.78 is 1.67. The van der Waals surface area contributed by atoms with E-state index in [9.17, 15) is 0 Å². The molecule has 5 nitrogen and oxygen atoms in total. The highest BCUT2D eigenvalue weighted by molar-refractivity contribution is 5.62. The predicted molar refractivity (Wildman–Crippen MR) is 63.0 cm³/mol. The van der Waals surface area contributed by atoms with Gasteiger partial charge in [-0.3, -0.25) is 0 Å². The molecule has 2 aromatic rings. The smallest absolute Gasteiger partial charge is 0.181 e. The van der Waals surface area contributed by atoms with Crippen molar-refractivity contribution in [3.05, 3.63) is 24.3 Å². The minimum Gasteiger partial charge on any atom is -0.385 e. The van der Waals surface area contributed by atoms with Gasteiger partial charge in [0.2, 0.25) is 0 Å². The lowest BCUT2D eigenvalue weighted by molar-refractivity contribution is 0.714. The van der Waals surface area contributed by atoms with E-state index in [1.54, 1.807) is 4.68 Å². The second kappa shape index (κ2) is 4.74. The van der Waals surface area contributed by atoms with E-state index in [2.05, 4.69) is 33.8 Å². The fourth-order valence-corrected chi connectivity index (χ4v) is 1.51. The molecule has 0 aliphatic carbocycles. The van der Waals surface area contributed by atoms with Gasteiger partial charge >= 0.3 is 0 Å². The molecule has 0 atom stereocenters. The average molecular weight is 217 g/mol. The maximum Gasteiger partial charge on any atom is 0.181 e. The topological polar surface area (TPSA) is 55.6 Å². The van der Waals surface area contributed by atoms with E-state index in [1.807, 2.05) is 25.2 Å². The van der Waals surface area contributed by atoms with Crippen LogP contribution in [0.15, 0.2) is 24.3 Å². The van der Waals surface area contributed by atoms with Crippen LogP contribution in [0.4, 0.5) is 5.69 Å². The molecule has 0 fully saturated rings. The Hall–Kier alpha value is -1.91. The van der Waals surface area contributed by atoms with Gasteiger partial charge in [0.1, 0.15) is 0 Å². The van der Waals surface area contributed by atoms with Crippen molar-refractivity contribution in [3.63, 3.8) is 0 Å². The molecule has 0 amide bonds. The molecule has 0 radical (unpaired) electrons. The SMILES string of the molecule is CCCNc1cccc(-c2nnnn2C)c1. The molecule has 0 aliphatic heterocycles. The van der Waals surface area contributed by atoms with Crippen molar-refractivity contribution < 1.29 is 0 Å². The number of nitrogens with zero attached hydrogens (tertiary/aromatic N) is 4. The second-order valence-corrected chi connectivity index (χ2v) is 3.63. The summed E-state index contributed by atoms with van der Waals surface area (Å²) >= 11 is 0. The van der Waals surface area contributed by atoms with E-state index in [4.69, 9.17) is 0 Å². The van der Waals surface area contributed by atoms with Gasteiger partial charge in [-0.15, -0.1) is 5.10 Å². The van der Waals surface area contributed by atoms with Crippen LogP contribution in [0, 0.1) is 0 Å². The van der Waals surface area contributed by atoms with Crippen LogP contribution in [0.3, 0.4) is 0 Å². The zero-order valence-electron chi connectivity index (χ0n) is 9.51. The standard InChI is InChI=1S/C11H15N5/c1-3-7-12-10-6-4-5-9(8-10)11-13-14-15-16(11)2/h4-6,8,12H,3,7H2,1-2H3. The Bertz CT molecular complexity index is 463. The fraction of sp³-hybridized carbons (Fsp3) is 0.364. The lowest BCUT2D eigenvalue weighted by atomic mass is 10.2. The number of hydrogen-bond donors (Lipinski definition) is 1. The highest BCUT2D eigenvalue weighted by Crippen LogP contribution is 2.19. The molecule has 2 rings (SSSR count). The van der Waals surface area contributed by atoms with Gasteiger partial charge in [0, 0.05) is 24.8 Å². The van der Waals surface area contributed by atoms with Crippen molar-refractivity contribution in [1.29, 1.82) is 0 Å². The van der Waals surface area contributed by atoms with Crippen molar-refractivity contribution >= 4 is 5.69 Å². The van der Waals surface area contributed by atoms with Gasteiger partial charge < -0.3 is 5.32 Å². The quantitative estimate of drug-likeness (QED) is 0.846. The van der Waals surface area contributed by atoms with Gasteiger partial charge in [-0.2, -0.15) is 0 Å². The maximum absolute atomic E-state index is 3.98. The van der Waals surface area contributed by atoms with E-state index < -0.39 is 0 Å². The van der Waals surface area contributed by atoms with E-state index in [-0.39, 0.29) is 0 Å². The Morgan fingerprint density at radius 1 is 1.38 bits per heavy atom. The van der Waals surface area contributed by atoms with Gasteiger partial charge in [-0.25, -0.2) is 4.68 Å². The maximum atomic E-state index is 3.98. The summed E-state index contributed by atoms with van der Waals surface area (Å²) in [6.45, 7) is 3.12. The molecule has 1 heterocycles. The molecule has 16 heavy (non-hydrogen) atoms. The molecule has 84 valence electrons. The number of anilines is 1. The Balaban J connectivity index is 2.26. The largest absolute Gasteiger partial charge is 0.385 e. The van der Waals surface area contributed by atoms with Gasteiger partial charge in [-0.05, 0) is 29.0 Å². The molecule has 1 aromatic carbocycles. The van der Waals surface area contributed by atoms with Crippen LogP contribution in [-0.4, -0.2) is 26.8 Å². The van der Waals surface area contributed by atoms with Crippen molar-refractivity contribution in [3.8, 4) is 11.4 Å². The molecular formula is C11H15N5. The van der Waals surface area contributed by atoms with Gasteiger partial charge in [0.25, 0.3) is 0 Å². The minimum atomic E-state index is 0.778. The summed E-state index contributed by atoms with van der Waals surface area (Å²) in [5, 5.41) is 14.8. The van der Waals surface area contributed by atoms with E-state index in [0.29, 0.717) is 0 Å². The summed E-state index contributed by atoms with van der Waals surface area (Å²) in [6, 6.07) is 8.11. The van der Waals surface area contributed by atoms with Crippen LogP contribution in [-0.2, 0) is 7.05 Å². The molecule has 1 aromatic heterocycles. The first-order valence-electron chi connectivity index (χ1n) is 5.38. The summed E-state index contributed by atoms with van der Waals surface area (Å²) in [7, 11) is 1.83. The van der Waals surface area contributed by atoms with E-state index in [1.165, 1.54) is 0 Å². The first kappa shape index (κ1) is 10.6. The molecule has 0 spiro atoms. The molecule has 5 heteroatoms. The third kappa shape index (κ3) is 2.18. The van der Waals surface area contributed by atoms with Gasteiger partial charge in [0.15, 0.2) is 5.82 Å². The van der Waals surface area contributed by atoms with Crippen LogP contribution in [0.25, 0.3) is 11.4 Å². The van der Waals surface area contributed by atoms with E-state index in [0.717, 1.165) is 30.0 Å². The fourth-order valence-electron chi connectivity index (χ4n) is 1.51. The zero-order valence-corrected chi connectivity index (χ0v) is 9.51.